The number of hydrogen-bond donors (Lipinski definition) is 1. The lowest BCUT2D eigenvalue weighted by molar-refractivity contribution is -0.145. The molecule has 0 aromatic carbocycles. The van der Waals surface area contributed by atoms with Gasteiger partial charge in [-0.05, 0) is 12.8 Å². The Labute approximate surface area is 85.7 Å². The molecular weight excluding hydrogens is 180 g/mol. The lowest BCUT2D eigenvalue weighted by Gasteiger charge is -2.20. The second kappa shape index (κ2) is 7.35. The van der Waals surface area contributed by atoms with E-state index in [1.165, 1.54) is 7.05 Å². The van der Waals surface area contributed by atoms with E-state index >= 15 is 0 Å². The van der Waals surface area contributed by atoms with Crippen molar-refractivity contribution >= 4 is 11.8 Å². The third-order valence-electron chi connectivity index (χ3n) is 1.98. The fourth-order valence-corrected chi connectivity index (χ4v) is 1.18. The van der Waals surface area contributed by atoms with Crippen LogP contribution in [0, 0.1) is 0 Å². The van der Waals surface area contributed by atoms with Gasteiger partial charge in [0.25, 0.3) is 0 Å². The Morgan fingerprint density at radius 2 is 1.79 bits per heavy atom. The molecule has 1 N–H and O–H groups in total. The highest BCUT2D eigenvalue weighted by Crippen LogP contribution is 1.97. The van der Waals surface area contributed by atoms with Crippen LogP contribution in [0.1, 0.15) is 33.1 Å². The molecule has 14 heavy (non-hydrogen) atoms. The van der Waals surface area contributed by atoms with E-state index in [1.807, 2.05) is 6.92 Å². The molecule has 0 bridgehead atoms. The van der Waals surface area contributed by atoms with Gasteiger partial charge in [0.05, 0.1) is 0 Å². The summed E-state index contributed by atoms with van der Waals surface area (Å²) in [6.07, 6.45) is 2.86. The van der Waals surface area contributed by atoms with Crippen LogP contribution in [0.25, 0.3) is 0 Å². The predicted molar refractivity (Wildman–Crippen MR) is 55.8 cm³/mol. The van der Waals surface area contributed by atoms with E-state index in [1.54, 1.807) is 4.90 Å². The standard InChI is InChI=1S/C10H20N2O2/c1-4-6-8-12(7-5-2)10(14)9(13)11-3/h4-8H2,1-3H3,(H,11,13). The van der Waals surface area contributed by atoms with Crippen LogP contribution in [0.4, 0.5) is 0 Å². The van der Waals surface area contributed by atoms with Crippen molar-refractivity contribution < 1.29 is 9.59 Å². The van der Waals surface area contributed by atoms with Crippen molar-refractivity contribution in [2.45, 2.75) is 33.1 Å². The highest BCUT2D eigenvalue weighted by atomic mass is 16.2. The summed E-state index contributed by atoms with van der Waals surface area (Å²) < 4.78 is 0. The van der Waals surface area contributed by atoms with Gasteiger partial charge in [-0.1, -0.05) is 20.3 Å². The summed E-state index contributed by atoms with van der Waals surface area (Å²) in [5, 5.41) is 2.35. The Balaban J connectivity index is 4.17. The number of rotatable bonds is 5. The molecule has 2 amide bonds. The summed E-state index contributed by atoms with van der Waals surface area (Å²) in [4.78, 5) is 24.2. The van der Waals surface area contributed by atoms with Gasteiger partial charge in [0.2, 0.25) is 0 Å². The number of carbonyl (C=O) groups is 2. The molecule has 0 aliphatic carbocycles. The molecule has 0 unspecified atom stereocenters. The smallest absolute Gasteiger partial charge is 0.311 e. The van der Waals surface area contributed by atoms with Crippen molar-refractivity contribution in [2.75, 3.05) is 20.1 Å². The molecule has 82 valence electrons. The van der Waals surface area contributed by atoms with Crippen LogP contribution < -0.4 is 5.32 Å². The molecule has 0 atom stereocenters. The number of likely N-dealkylation sites (N-methyl/N-ethyl adjacent to an activating group) is 1. The molecule has 0 fully saturated rings. The van der Waals surface area contributed by atoms with Crippen molar-refractivity contribution in [3.05, 3.63) is 0 Å². The topological polar surface area (TPSA) is 49.4 Å². The van der Waals surface area contributed by atoms with Crippen molar-refractivity contribution in [2.24, 2.45) is 0 Å². The van der Waals surface area contributed by atoms with Crippen molar-refractivity contribution in [3.8, 4) is 0 Å². The highest BCUT2D eigenvalue weighted by Gasteiger charge is 2.18. The first kappa shape index (κ1) is 12.9. The second-order valence-corrected chi connectivity index (χ2v) is 3.22. The Morgan fingerprint density at radius 1 is 1.14 bits per heavy atom. The van der Waals surface area contributed by atoms with E-state index in [0.29, 0.717) is 13.1 Å². The molecule has 4 nitrogen and oxygen atoms in total. The van der Waals surface area contributed by atoms with Gasteiger partial charge in [-0.3, -0.25) is 9.59 Å². The van der Waals surface area contributed by atoms with E-state index in [4.69, 9.17) is 0 Å². The van der Waals surface area contributed by atoms with Gasteiger partial charge in [0, 0.05) is 20.1 Å². The van der Waals surface area contributed by atoms with Gasteiger partial charge in [-0.25, -0.2) is 0 Å². The summed E-state index contributed by atoms with van der Waals surface area (Å²) in [5.41, 5.74) is 0. The number of nitrogens with one attached hydrogen (secondary N) is 1. The van der Waals surface area contributed by atoms with Gasteiger partial charge in [0.15, 0.2) is 0 Å². The van der Waals surface area contributed by atoms with Crippen LogP contribution in [0.5, 0.6) is 0 Å². The fraction of sp³-hybridized carbons (Fsp3) is 0.800. The minimum absolute atomic E-state index is 0.414. The van der Waals surface area contributed by atoms with Crippen LogP contribution in [0.15, 0.2) is 0 Å². The zero-order valence-electron chi connectivity index (χ0n) is 9.30. The van der Waals surface area contributed by atoms with E-state index in [0.717, 1.165) is 19.3 Å². The van der Waals surface area contributed by atoms with Gasteiger partial charge in [-0.15, -0.1) is 0 Å². The van der Waals surface area contributed by atoms with E-state index < -0.39 is 11.8 Å². The molecule has 0 rings (SSSR count). The summed E-state index contributed by atoms with van der Waals surface area (Å²) in [6.45, 7) is 5.40. The summed E-state index contributed by atoms with van der Waals surface area (Å²) in [5.74, 6) is -0.933. The maximum absolute atomic E-state index is 11.5. The zero-order chi connectivity index (χ0) is 11.0. The van der Waals surface area contributed by atoms with Crippen LogP contribution in [-0.2, 0) is 9.59 Å². The third-order valence-corrected chi connectivity index (χ3v) is 1.98. The Morgan fingerprint density at radius 3 is 2.21 bits per heavy atom. The van der Waals surface area contributed by atoms with Crippen LogP contribution in [0.3, 0.4) is 0 Å². The number of amides is 2. The molecule has 0 aliphatic heterocycles. The van der Waals surface area contributed by atoms with E-state index in [9.17, 15) is 9.59 Å². The fourth-order valence-electron chi connectivity index (χ4n) is 1.18. The van der Waals surface area contributed by atoms with Gasteiger partial charge in [-0.2, -0.15) is 0 Å². The number of unbranched alkanes of at least 4 members (excludes halogenated alkanes) is 1. The quantitative estimate of drug-likeness (QED) is 0.666. The first-order valence-corrected chi connectivity index (χ1v) is 5.18. The first-order chi connectivity index (χ1) is 6.67. The highest BCUT2D eigenvalue weighted by molar-refractivity contribution is 6.34. The van der Waals surface area contributed by atoms with Crippen molar-refractivity contribution in [1.29, 1.82) is 0 Å². The van der Waals surface area contributed by atoms with Crippen LogP contribution in [0.2, 0.25) is 0 Å². The normalized spacial score (nSPS) is 9.64. The van der Waals surface area contributed by atoms with Crippen molar-refractivity contribution in [3.63, 3.8) is 0 Å². The van der Waals surface area contributed by atoms with Gasteiger partial charge in [0.1, 0.15) is 0 Å². The average Bonchev–Trinajstić information content (AvgIpc) is 2.22. The zero-order valence-corrected chi connectivity index (χ0v) is 9.30. The van der Waals surface area contributed by atoms with Crippen LogP contribution >= 0.6 is 0 Å². The van der Waals surface area contributed by atoms with E-state index in [-0.39, 0.29) is 0 Å². The molecule has 0 aromatic rings. The Kier molecular flexibility index (Phi) is 6.80. The summed E-state index contributed by atoms with van der Waals surface area (Å²) >= 11 is 0. The molecule has 0 aromatic heterocycles. The summed E-state index contributed by atoms with van der Waals surface area (Å²) in [6, 6.07) is 0. The number of hydrogen-bond acceptors (Lipinski definition) is 2. The lowest BCUT2D eigenvalue weighted by Crippen LogP contribution is -2.42. The maximum Gasteiger partial charge on any atom is 0.311 e. The van der Waals surface area contributed by atoms with Crippen molar-refractivity contribution in [1.82, 2.24) is 10.2 Å². The number of nitrogens with zero attached hydrogens (tertiary/aromatic N) is 1. The Bertz CT molecular complexity index is 193. The van der Waals surface area contributed by atoms with Crippen LogP contribution in [-0.4, -0.2) is 36.9 Å². The first-order valence-electron chi connectivity index (χ1n) is 5.18. The van der Waals surface area contributed by atoms with Gasteiger partial charge < -0.3 is 10.2 Å². The average molecular weight is 200 g/mol. The molecule has 4 heteroatoms. The minimum Gasteiger partial charge on any atom is -0.351 e. The maximum atomic E-state index is 11.5. The SMILES string of the molecule is CCCCN(CCC)C(=O)C(=O)NC. The molecule has 0 spiro atoms. The van der Waals surface area contributed by atoms with E-state index in [2.05, 4.69) is 12.2 Å². The molecular formula is C10H20N2O2. The molecule has 0 aliphatic rings. The molecule has 0 saturated heterocycles. The molecule has 0 radical (unpaired) electrons. The molecule has 0 saturated carbocycles. The predicted octanol–water partition coefficient (Wildman–Crippen LogP) is 0.771. The number of carbonyl (C=O) groups excluding carboxylic acids is 2. The Hall–Kier alpha value is -1.06. The monoisotopic (exact) mass is 200 g/mol. The largest absolute Gasteiger partial charge is 0.351 e. The lowest BCUT2D eigenvalue weighted by atomic mass is 10.3. The second-order valence-electron chi connectivity index (χ2n) is 3.22. The van der Waals surface area contributed by atoms with Gasteiger partial charge >= 0.3 is 11.8 Å². The molecule has 0 heterocycles. The third kappa shape index (κ3) is 4.25. The summed E-state index contributed by atoms with van der Waals surface area (Å²) in [7, 11) is 1.48. The minimum atomic E-state index is -0.519.